The summed E-state index contributed by atoms with van der Waals surface area (Å²) in [5.41, 5.74) is 4.90. The van der Waals surface area contributed by atoms with Crippen molar-refractivity contribution >= 4 is 52.6 Å². The zero-order valence-electron chi connectivity index (χ0n) is 24.8. The van der Waals surface area contributed by atoms with Crippen LogP contribution in [0.3, 0.4) is 0 Å². The second-order valence-corrected chi connectivity index (χ2v) is 11.5. The third-order valence-corrected chi connectivity index (χ3v) is 7.60. The van der Waals surface area contributed by atoms with Crippen molar-refractivity contribution in [2.75, 3.05) is 35.4 Å². The number of amides is 3. The van der Waals surface area contributed by atoms with E-state index in [0.29, 0.717) is 17.2 Å². The fourth-order valence-corrected chi connectivity index (χ4v) is 4.81. The first-order valence-corrected chi connectivity index (χ1v) is 15.0. The minimum absolute atomic E-state index is 0.0952. The Kier molecular flexibility index (Phi) is 10.8. The highest BCUT2D eigenvalue weighted by Crippen LogP contribution is 2.22. The maximum absolute atomic E-state index is 13.3. The summed E-state index contributed by atoms with van der Waals surface area (Å²) in [6.07, 6.45) is 1.65. The van der Waals surface area contributed by atoms with E-state index in [-0.39, 0.29) is 23.3 Å². The van der Waals surface area contributed by atoms with Crippen LogP contribution in [0.25, 0.3) is 6.08 Å². The van der Waals surface area contributed by atoms with Crippen molar-refractivity contribution in [3.05, 3.63) is 126 Å². The Morgan fingerprint density at radius 2 is 1.37 bits per heavy atom. The summed E-state index contributed by atoms with van der Waals surface area (Å²) in [5, 5.41) is 8.55. The second-order valence-electron chi connectivity index (χ2n) is 10.5. The van der Waals surface area contributed by atoms with Gasteiger partial charge in [-0.25, -0.2) is 0 Å². The topological polar surface area (TPSA) is 90.5 Å². The van der Waals surface area contributed by atoms with Crippen molar-refractivity contribution in [3.8, 4) is 0 Å². The van der Waals surface area contributed by atoms with Gasteiger partial charge in [0, 0.05) is 41.6 Å². The van der Waals surface area contributed by atoms with E-state index in [2.05, 4.69) is 29.8 Å². The number of nitrogens with zero attached hydrogens (tertiary/aromatic N) is 1. The van der Waals surface area contributed by atoms with E-state index in [9.17, 15) is 14.4 Å². The fraction of sp³-hybridized carbons (Fsp3) is 0.171. The molecule has 0 atom stereocenters. The SMILES string of the molecule is CC(C)c1ccc(NC(=O)CSc2ccc(NC(=O)/C(=C/c3ccc(N(C)C)cc3)NC(=O)c3ccccc3)cc2)cc1. The number of hydrogen-bond donors (Lipinski definition) is 3. The number of carbonyl (C=O) groups excluding carboxylic acids is 3. The van der Waals surface area contributed by atoms with Crippen LogP contribution >= 0.6 is 11.8 Å². The average Bonchev–Trinajstić information content (AvgIpc) is 3.01. The van der Waals surface area contributed by atoms with Gasteiger partial charge in [-0.05, 0) is 83.8 Å². The number of rotatable bonds is 11. The molecule has 4 aromatic carbocycles. The van der Waals surface area contributed by atoms with Gasteiger partial charge in [0.25, 0.3) is 11.8 Å². The molecule has 0 spiro atoms. The Morgan fingerprint density at radius 3 is 1.98 bits per heavy atom. The molecule has 3 amide bonds. The van der Waals surface area contributed by atoms with Crippen LogP contribution < -0.4 is 20.9 Å². The minimum atomic E-state index is -0.454. The quantitative estimate of drug-likeness (QED) is 0.129. The number of benzene rings is 4. The first kappa shape index (κ1) is 31.1. The molecule has 0 aliphatic heterocycles. The highest BCUT2D eigenvalue weighted by Gasteiger charge is 2.15. The van der Waals surface area contributed by atoms with Crippen LogP contribution in [0, 0.1) is 0 Å². The molecule has 0 radical (unpaired) electrons. The van der Waals surface area contributed by atoms with Gasteiger partial charge in [0.1, 0.15) is 5.70 Å². The van der Waals surface area contributed by atoms with Crippen LogP contribution in [0.15, 0.2) is 114 Å². The van der Waals surface area contributed by atoms with E-state index in [1.54, 1.807) is 42.5 Å². The molecule has 7 nitrogen and oxygen atoms in total. The highest BCUT2D eigenvalue weighted by atomic mass is 32.2. The number of hydrogen-bond acceptors (Lipinski definition) is 5. The molecule has 0 aliphatic carbocycles. The largest absolute Gasteiger partial charge is 0.378 e. The Bertz CT molecular complexity index is 1560. The molecule has 0 heterocycles. The van der Waals surface area contributed by atoms with E-state index in [4.69, 9.17) is 0 Å². The van der Waals surface area contributed by atoms with Crippen LogP contribution in [0.5, 0.6) is 0 Å². The van der Waals surface area contributed by atoms with Crippen molar-refractivity contribution in [1.82, 2.24) is 5.32 Å². The molecule has 0 saturated heterocycles. The van der Waals surface area contributed by atoms with Crippen LogP contribution in [0.1, 0.15) is 41.3 Å². The number of carbonyl (C=O) groups is 3. The molecular weight excluding hydrogens is 556 g/mol. The lowest BCUT2D eigenvalue weighted by molar-refractivity contribution is -0.114. The van der Waals surface area contributed by atoms with Crippen molar-refractivity contribution in [2.45, 2.75) is 24.7 Å². The zero-order valence-corrected chi connectivity index (χ0v) is 25.6. The standard InChI is InChI=1S/C35H36N4O3S/c1-24(2)26-12-14-28(15-13-26)36-33(40)23-43-31-20-16-29(17-21-31)37-35(42)32(38-34(41)27-8-6-5-7-9-27)22-25-10-18-30(19-11-25)39(3)4/h5-22,24H,23H2,1-4H3,(H,36,40)(H,37,42)(H,38,41)/b32-22-. The third kappa shape index (κ3) is 9.34. The van der Waals surface area contributed by atoms with Gasteiger partial charge in [0.15, 0.2) is 0 Å². The molecule has 0 unspecified atom stereocenters. The van der Waals surface area contributed by atoms with Gasteiger partial charge in [-0.1, -0.05) is 56.3 Å². The Balaban J connectivity index is 1.39. The monoisotopic (exact) mass is 592 g/mol. The summed E-state index contributed by atoms with van der Waals surface area (Å²) >= 11 is 1.40. The van der Waals surface area contributed by atoms with Crippen molar-refractivity contribution < 1.29 is 14.4 Å². The predicted octanol–water partition coefficient (Wildman–Crippen LogP) is 7.02. The van der Waals surface area contributed by atoms with Gasteiger partial charge in [-0.15, -0.1) is 11.8 Å². The van der Waals surface area contributed by atoms with Gasteiger partial charge in [-0.2, -0.15) is 0 Å². The molecule has 0 aliphatic rings. The summed E-state index contributed by atoms with van der Waals surface area (Å²) in [6.45, 7) is 4.26. The Hall–Kier alpha value is -4.82. The van der Waals surface area contributed by atoms with Gasteiger partial charge >= 0.3 is 0 Å². The lowest BCUT2D eigenvalue weighted by Gasteiger charge is -2.13. The number of thioether (sulfide) groups is 1. The molecule has 4 rings (SSSR count). The van der Waals surface area contributed by atoms with E-state index < -0.39 is 5.91 Å². The summed E-state index contributed by atoms with van der Waals surface area (Å²) < 4.78 is 0. The molecule has 0 aromatic heterocycles. The van der Waals surface area contributed by atoms with E-state index >= 15 is 0 Å². The van der Waals surface area contributed by atoms with Gasteiger partial charge in [0.2, 0.25) is 5.91 Å². The molecule has 0 bridgehead atoms. The van der Waals surface area contributed by atoms with E-state index in [0.717, 1.165) is 21.8 Å². The molecule has 3 N–H and O–H groups in total. The van der Waals surface area contributed by atoms with Crippen molar-refractivity contribution in [1.29, 1.82) is 0 Å². The first-order valence-electron chi connectivity index (χ1n) is 14.0. The summed E-state index contributed by atoms with van der Waals surface area (Å²) in [4.78, 5) is 41.6. The first-order chi connectivity index (χ1) is 20.7. The molecule has 4 aromatic rings. The van der Waals surface area contributed by atoms with E-state index in [1.165, 1.54) is 17.3 Å². The van der Waals surface area contributed by atoms with Crippen LogP contribution in [-0.4, -0.2) is 37.6 Å². The normalized spacial score (nSPS) is 11.1. The molecule has 43 heavy (non-hydrogen) atoms. The van der Waals surface area contributed by atoms with Crippen molar-refractivity contribution in [3.63, 3.8) is 0 Å². The van der Waals surface area contributed by atoms with Gasteiger partial charge in [0.05, 0.1) is 5.75 Å². The predicted molar refractivity (Wildman–Crippen MR) is 178 cm³/mol. The number of anilines is 3. The molecule has 220 valence electrons. The highest BCUT2D eigenvalue weighted by molar-refractivity contribution is 8.00. The van der Waals surface area contributed by atoms with Gasteiger partial charge in [-0.3, -0.25) is 14.4 Å². The maximum Gasteiger partial charge on any atom is 0.272 e. The second kappa shape index (κ2) is 14.9. The zero-order chi connectivity index (χ0) is 30.8. The van der Waals surface area contributed by atoms with Crippen LogP contribution in [-0.2, 0) is 9.59 Å². The lowest BCUT2D eigenvalue weighted by Crippen LogP contribution is -2.30. The van der Waals surface area contributed by atoms with Crippen molar-refractivity contribution in [2.24, 2.45) is 0 Å². The summed E-state index contributed by atoms with van der Waals surface area (Å²) in [5.74, 6) is -0.244. The Morgan fingerprint density at radius 1 is 0.767 bits per heavy atom. The minimum Gasteiger partial charge on any atom is -0.378 e. The average molecular weight is 593 g/mol. The molecule has 0 fully saturated rings. The summed E-state index contributed by atoms with van der Waals surface area (Å²) in [6, 6.07) is 31.5. The van der Waals surface area contributed by atoms with Crippen LogP contribution in [0.2, 0.25) is 0 Å². The molecular formula is C35H36N4O3S. The fourth-order valence-electron chi connectivity index (χ4n) is 4.11. The Labute approximate surface area is 257 Å². The molecule has 8 heteroatoms. The lowest BCUT2D eigenvalue weighted by atomic mass is 10.0. The molecule has 0 saturated carbocycles. The summed E-state index contributed by atoms with van der Waals surface area (Å²) in [7, 11) is 3.91. The maximum atomic E-state index is 13.3. The van der Waals surface area contributed by atoms with Crippen LogP contribution in [0.4, 0.5) is 17.1 Å². The van der Waals surface area contributed by atoms with E-state index in [1.807, 2.05) is 85.7 Å². The third-order valence-electron chi connectivity index (χ3n) is 6.59. The smallest absolute Gasteiger partial charge is 0.272 e. The van der Waals surface area contributed by atoms with Gasteiger partial charge < -0.3 is 20.9 Å². The number of nitrogens with one attached hydrogen (secondary N) is 3.